The first-order valence-electron chi connectivity index (χ1n) is 9.36. The minimum Gasteiger partial charge on any atom is -0.356 e. The molecule has 0 saturated heterocycles. The molecule has 0 spiro atoms. The number of hydrogen-bond acceptors (Lipinski definition) is 3. The molecule has 2 rings (SSSR count). The van der Waals surface area contributed by atoms with E-state index in [1.54, 1.807) is 25.2 Å². The number of aliphatic imine (C=N–C) groups is 1. The molecule has 0 radical (unpaired) electrons. The number of guanidine groups is 1. The highest BCUT2D eigenvalue weighted by molar-refractivity contribution is 5.86. The van der Waals surface area contributed by atoms with Gasteiger partial charge in [-0.05, 0) is 23.6 Å². The molecule has 2 N–H and O–H groups in total. The summed E-state index contributed by atoms with van der Waals surface area (Å²) in [4.78, 5) is 18.1. The molecular weight excluding hydrogens is 340 g/mol. The summed E-state index contributed by atoms with van der Waals surface area (Å²) in [5.41, 5.74) is 2.32. The van der Waals surface area contributed by atoms with Crippen molar-refractivity contribution in [1.82, 2.24) is 25.3 Å². The van der Waals surface area contributed by atoms with Crippen molar-refractivity contribution in [3.8, 4) is 0 Å². The molecule has 0 fully saturated rings. The van der Waals surface area contributed by atoms with Gasteiger partial charge in [0.25, 0.3) is 0 Å². The number of hydrogen-bond donors (Lipinski definition) is 2. The van der Waals surface area contributed by atoms with E-state index in [1.807, 2.05) is 29.1 Å². The molecule has 1 amide bonds. The molecular formula is C20H30N6O. The van der Waals surface area contributed by atoms with Gasteiger partial charge in [0.05, 0.1) is 19.6 Å². The summed E-state index contributed by atoms with van der Waals surface area (Å²) in [7, 11) is 3.49. The van der Waals surface area contributed by atoms with Gasteiger partial charge < -0.3 is 15.5 Å². The lowest BCUT2D eigenvalue weighted by atomic mass is 10.1. The number of unbranched alkanes of at least 4 members (excludes halogenated alkanes) is 1. The van der Waals surface area contributed by atoms with Crippen LogP contribution in [0.1, 0.15) is 30.9 Å². The Morgan fingerprint density at radius 2 is 1.96 bits per heavy atom. The van der Waals surface area contributed by atoms with E-state index >= 15 is 0 Å². The minimum absolute atomic E-state index is 0.0130. The molecule has 0 aliphatic carbocycles. The second-order valence-corrected chi connectivity index (χ2v) is 6.56. The maximum atomic E-state index is 11.9. The van der Waals surface area contributed by atoms with Crippen LogP contribution in [0.25, 0.3) is 0 Å². The number of carbonyl (C=O) groups is 1. The molecule has 1 aromatic heterocycles. The van der Waals surface area contributed by atoms with Crippen LogP contribution in [0.15, 0.2) is 47.7 Å². The molecule has 27 heavy (non-hydrogen) atoms. The normalized spacial score (nSPS) is 11.3. The highest BCUT2D eigenvalue weighted by atomic mass is 16.2. The van der Waals surface area contributed by atoms with Crippen LogP contribution in [0.4, 0.5) is 0 Å². The summed E-state index contributed by atoms with van der Waals surface area (Å²) >= 11 is 0. The van der Waals surface area contributed by atoms with E-state index in [2.05, 4.69) is 39.8 Å². The van der Waals surface area contributed by atoms with Gasteiger partial charge in [-0.1, -0.05) is 37.6 Å². The van der Waals surface area contributed by atoms with Crippen molar-refractivity contribution in [2.24, 2.45) is 4.99 Å². The summed E-state index contributed by atoms with van der Waals surface area (Å²) in [5.74, 6) is 0.673. The number of amides is 1. The Bertz CT molecular complexity index is 724. The molecule has 0 atom stereocenters. The Balaban J connectivity index is 2.05. The van der Waals surface area contributed by atoms with Crippen LogP contribution in [-0.4, -0.2) is 53.7 Å². The van der Waals surface area contributed by atoms with Crippen molar-refractivity contribution in [1.29, 1.82) is 0 Å². The Hall–Kier alpha value is -2.83. The second kappa shape index (κ2) is 11.0. The first kappa shape index (κ1) is 20.5. The quantitative estimate of drug-likeness (QED) is 0.401. The SMILES string of the molecule is CCCCNC(=NCc1ccccc1Cn1cccn1)NCC(=O)N(C)C. The third-order valence-electron chi connectivity index (χ3n) is 4.15. The van der Waals surface area contributed by atoms with E-state index in [4.69, 9.17) is 0 Å². The molecule has 1 aromatic carbocycles. The minimum atomic E-state index is 0.0130. The van der Waals surface area contributed by atoms with E-state index < -0.39 is 0 Å². The number of rotatable bonds is 9. The van der Waals surface area contributed by atoms with Gasteiger partial charge in [-0.3, -0.25) is 9.48 Å². The van der Waals surface area contributed by atoms with Crippen molar-refractivity contribution in [3.05, 3.63) is 53.9 Å². The molecule has 0 bridgehead atoms. The molecule has 2 aromatic rings. The van der Waals surface area contributed by atoms with Crippen LogP contribution < -0.4 is 10.6 Å². The number of carbonyl (C=O) groups excluding carboxylic acids is 1. The third kappa shape index (κ3) is 7.13. The Labute approximate surface area is 161 Å². The van der Waals surface area contributed by atoms with E-state index in [-0.39, 0.29) is 12.5 Å². The largest absolute Gasteiger partial charge is 0.356 e. The summed E-state index contributed by atoms with van der Waals surface area (Å²) in [6.45, 7) is 4.44. The summed E-state index contributed by atoms with van der Waals surface area (Å²) in [6.07, 6.45) is 5.89. The van der Waals surface area contributed by atoms with E-state index in [9.17, 15) is 4.79 Å². The van der Waals surface area contributed by atoms with Gasteiger partial charge in [-0.25, -0.2) is 4.99 Å². The maximum Gasteiger partial charge on any atom is 0.241 e. The zero-order valence-corrected chi connectivity index (χ0v) is 16.5. The summed E-state index contributed by atoms with van der Waals surface area (Å²) in [6, 6.07) is 10.1. The molecule has 146 valence electrons. The van der Waals surface area contributed by atoms with Gasteiger partial charge in [0.15, 0.2) is 5.96 Å². The zero-order chi connectivity index (χ0) is 19.5. The summed E-state index contributed by atoms with van der Waals surface area (Å²) < 4.78 is 1.90. The van der Waals surface area contributed by atoms with Crippen LogP contribution in [0.3, 0.4) is 0 Å². The number of benzene rings is 1. The van der Waals surface area contributed by atoms with E-state index in [1.165, 1.54) is 5.56 Å². The average molecular weight is 371 g/mol. The fraction of sp³-hybridized carbons (Fsp3) is 0.450. The molecule has 0 unspecified atom stereocenters. The van der Waals surface area contributed by atoms with Gasteiger partial charge >= 0.3 is 0 Å². The van der Waals surface area contributed by atoms with Gasteiger partial charge in [0, 0.05) is 33.0 Å². The predicted octanol–water partition coefficient (Wildman–Crippen LogP) is 1.85. The number of nitrogens with one attached hydrogen (secondary N) is 2. The molecule has 0 aliphatic heterocycles. The summed E-state index contributed by atoms with van der Waals surface area (Å²) in [5, 5.41) is 10.7. The van der Waals surface area contributed by atoms with Crippen LogP contribution >= 0.6 is 0 Å². The lowest BCUT2D eigenvalue weighted by Gasteiger charge is -2.15. The predicted molar refractivity (Wildman–Crippen MR) is 109 cm³/mol. The highest BCUT2D eigenvalue weighted by Crippen LogP contribution is 2.11. The molecule has 7 heteroatoms. The maximum absolute atomic E-state index is 11.9. The van der Waals surface area contributed by atoms with Crippen LogP contribution in [-0.2, 0) is 17.9 Å². The fourth-order valence-electron chi connectivity index (χ4n) is 2.47. The lowest BCUT2D eigenvalue weighted by Crippen LogP contribution is -2.43. The Morgan fingerprint density at radius 1 is 1.19 bits per heavy atom. The van der Waals surface area contributed by atoms with Crippen LogP contribution in [0.2, 0.25) is 0 Å². The Kier molecular flexibility index (Phi) is 8.35. The average Bonchev–Trinajstić information content (AvgIpc) is 3.17. The van der Waals surface area contributed by atoms with Crippen molar-refractivity contribution in [2.75, 3.05) is 27.2 Å². The molecule has 7 nitrogen and oxygen atoms in total. The van der Waals surface area contributed by atoms with Gasteiger partial charge in [-0.2, -0.15) is 5.10 Å². The first-order valence-corrected chi connectivity index (χ1v) is 9.36. The molecule has 0 saturated carbocycles. The zero-order valence-electron chi connectivity index (χ0n) is 16.5. The highest BCUT2D eigenvalue weighted by Gasteiger charge is 2.07. The lowest BCUT2D eigenvalue weighted by molar-refractivity contribution is -0.127. The van der Waals surface area contributed by atoms with Crippen molar-refractivity contribution in [3.63, 3.8) is 0 Å². The van der Waals surface area contributed by atoms with Gasteiger partial charge in [-0.15, -0.1) is 0 Å². The van der Waals surface area contributed by atoms with Crippen molar-refractivity contribution < 1.29 is 4.79 Å². The van der Waals surface area contributed by atoms with Crippen molar-refractivity contribution >= 4 is 11.9 Å². The fourth-order valence-corrected chi connectivity index (χ4v) is 2.47. The van der Waals surface area contributed by atoms with Gasteiger partial charge in [0.1, 0.15) is 0 Å². The number of aromatic nitrogens is 2. The van der Waals surface area contributed by atoms with Crippen LogP contribution in [0.5, 0.6) is 0 Å². The van der Waals surface area contributed by atoms with Gasteiger partial charge in [0.2, 0.25) is 5.91 Å². The first-order chi connectivity index (χ1) is 13.1. The monoisotopic (exact) mass is 370 g/mol. The van der Waals surface area contributed by atoms with E-state index in [0.717, 1.165) is 24.9 Å². The molecule has 0 aliphatic rings. The number of nitrogens with zero attached hydrogens (tertiary/aromatic N) is 4. The number of likely N-dealkylation sites (N-methyl/N-ethyl adjacent to an activating group) is 1. The van der Waals surface area contributed by atoms with Crippen LogP contribution in [0, 0.1) is 0 Å². The topological polar surface area (TPSA) is 74.5 Å². The Morgan fingerprint density at radius 3 is 2.63 bits per heavy atom. The second-order valence-electron chi connectivity index (χ2n) is 6.56. The van der Waals surface area contributed by atoms with Crippen molar-refractivity contribution in [2.45, 2.75) is 32.9 Å². The standard InChI is InChI=1S/C20H30N6O/c1-4-5-11-21-20(23-15-19(27)25(2)3)22-14-17-9-6-7-10-18(17)16-26-13-8-12-24-26/h6-10,12-13H,4-5,11,14-16H2,1-3H3,(H2,21,22,23). The molecule has 1 heterocycles. The van der Waals surface area contributed by atoms with E-state index in [0.29, 0.717) is 19.0 Å². The third-order valence-corrected chi connectivity index (χ3v) is 4.15. The smallest absolute Gasteiger partial charge is 0.241 e.